The number of hydrogen-bond acceptors (Lipinski definition) is 5. The fourth-order valence-electron chi connectivity index (χ4n) is 3.50. The van der Waals surface area contributed by atoms with E-state index in [-0.39, 0.29) is 18.2 Å². The van der Waals surface area contributed by atoms with Crippen LogP contribution in [0.4, 0.5) is 4.79 Å². The Labute approximate surface area is 161 Å². The molecule has 0 radical (unpaired) electrons. The molecule has 2 bridgehead atoms. The highest BCUT2D eigenvalue weighted by molar-refractivity contribution is 5.70. The van der Waals surface area contributed by atoms with E-state index in [1.54, 1.807) is 7.11 Å². The van der Waals surface area contributed by atoms with Crippen LogP contribution in [0, 0.1) is 0 Å². The van der Waals surface area contributed by atoms with Crippen molar-refractivity contribution in [1.82, 2.24) is 4.90 Å². The quantitative estimate of drug-likeness (QED) is 0.733. The van der Waals surface area contributed by atoms with Gasteiger partial charge >= 0.3 is 6.09 Å². The smallest absolute Gasteiger partial charge is 0.411 e. The zero-order valence-corrected chi connectivity index (χ0v) is 16.6. The number of hydrogen-bond donors (Lipinski definition) is 0. The summed E-state index contributed by atoms with van der Waals surface area (Å²) in [6.45, 7) is 7.28. The van der Waals surface area contributed by atoms with E-state index < -0.39 is 5.60 Å². The summed E-state index contributed by atoms with van der Waals surface area (Å²) in [5, 5.41) is 0. The van der Waals surface area contributed by atoms with Gasteiger partial charge in [0.25, 0.3) is 0 Å². The zero-order chi connectivity index (χ0) is 19.4. The predicted molar refractivity (Wildman–Crippen MR) is 102 cm³/mol. The van der Waals surface area contributed by atoms with Crippen molar-refractivity contribution >= 4 is 6.09 Å². The van der Waals surface area contributed by atoms with E-state index in [1.165, 1.54) is 5.57 Å². The molecule has 2 atom stereocenters. The highest BCUT2D eigenvalue weighted by Gasteiger charge is 2.39. The van der Waals surface area contributed by atoms with Crippen LogP contribution in [0.1, 0.15) is 33.6 Å². The second kappa shape index (κ2) is 8.21. The highest BCUT2D eigenvalue weighted by Crippen LogP contribution is 2.31. The van der Waals surface area contributed by atoms with Crippen molar-refractivity contribution in [3.8, 4) is 11.5 Å². The van der Waals surface area contributed by atoms with E-state index in [0.29, 0.717) is 19.8 Å². The number of rotatable bonds is 5. The Bertz CT molecular complexity index is 694. The van der Waals surface area contributed by atoms with Crippen molar-refractivity contribution in [2.75, 3.05) is 26.9 Å². The number of ether oxygens (including phenoxy) is 4. The van der Waals surface area contributed by atoms with Gasteiger partial charge in [0.15, 0.2) is 11.5 Å². The van der Waals surface area contributed by atoms with Gasteiger partial charge in [0, 0.05) is 6.42 Å². The fraction of sp³-hybridized carbons (Fsp3) is 0.571. The summed E-state index contributed by atoms with van der Waals surface area (Å²) in [4.78, 5) is 14.4. The molecule has 0 N–H and O–H groups in total. The summed E-state index contributed by atoms with van der Waals surface area (Å²) in [6.07, 6.45) is 3.46. The number of morpholine rings is 1. The molecule has 0 saturated carbocycles. The van der Waals surface area contributed by atoms with Gasteiger partial charge in [-0.15, -0.1) is 0 Å². The topological polar surface area (TPSA) is 57.2 Å². The van der Waals surface area contributed by atoms with Crippen LogP contribution < -0.4 is 9.47 Å². The van der Waals surface area contributed by atoms with Crippen LogP contribution in [-0.2, 0) is 9.47 Å². The SMILES string of the molecule is COc1ccccc1OCCC1=CC2COCC(C1)N2C(=O)OC(C)(C)C. The third-order valence-corrected chi connectivity index (χ3v) is 4.63. The molecule has 1 aromatic carbocycles. The monoisotopic (exact) mass is 375 g/mol. The Morgan fingerprint density at radius 1 is 1.22 bits per heavy atom. The van der Waals surface area contributed by atoms with Gasteiger partial charge in [-0.2, -0.15) is 0 Å². The Balaban J connectivity index is 1.61. The predicted octanol–water partition coefficient (Wildman–Crippen LogP) is 3.80. The number of methoxy groups -OCH3 is 1. The summed E-state index contributed by atoms with van der Waals surface area (Å²) in [5.74, 6) is 1.48. The first kappa shape index (κ1) is 19.5. The maximum absolute atomic E-state index is 12.6. The van der Waals surface area contributed by atoms with Crippen LogP contribution in [0.25, 0.3) is 0 Å². The summed E-state index contributed by atoms with van der Waals surface area (Å²) < 4.78 is 22.4. The minimum absolute atomic E-state index is 0.0184. The van der Waals surface area contributed by atoms with E-state index in [4.69, 9.17) is 18.9 Å². The maximum atomic E-state index is 12.6. The molecule has 3 rings (SSSR count). The van der Waals surface area contributed by atoms with E-state index in [2.05, 4.69) is 6.08 Å². The zero-order valence-electron chi connectivity index (χ0n) is 16.6. The number of fused-ring (bicyclic) bond motifs is 2. The van der Waals surface area contributed by atoms with Gasteiger partial charge in [-0.25, -0.2) is 4.79 Å². The first-order chi connectivity index (χ1) is 12.9. The van der Waals surface area contributed by atoms with Crippen LogP contribution in [0.15, 0.2) is 35.9 Å². The molecule has 2 aliphatic rings. The Morgan fingerprint density at radius 3 is 2.63 bits per heavy atom. The maximum Gasteiger partial charge on any atom is 0.411 e. The second-order valence-electron chi connectivity index (χ2n) is 7.92. The number of para-hydroxylation sites is 2. The van der Waals surface area contributed by atoms with Crippen molar-refractivity contribution in [2.45, 2.75) is 51.3 Å². The molecule has 0 aromatic heterocycles. The molecule has 6 nitrogen and oxygen atoms in total. The van der Waals surface area contributed by atoms with Crippen molar-refractivity contribution in [3.63, 3.8) is 0 Å². The van der Waals surface area contributed by atoms with E-state index in [1.807, 2.05) is 49.9 Å². The highest BCUT2D eigenvalue weighted by atomic mass is 16.6. The molecule has 1 saturated heterocycles. The van der Waals surface area contributed by atoms with Gasteiger partial charge in [0.2, 0.25) is 0 Å². The lowest BCUT2D eigenvalue weighted by molar-refractivity contribution is -0.0538. The Morgan fingerprint density at radius 2 is 1.96 bits per heavy atom. The van der Waals surface area contributed by atoms with Gasteiger partial charge in [0.1, 0.15) is 5.60 Å². The molecule has 1 amide bonds. The number of nitrogens with zero attached hydrogens (tertiary/aromatic N) is 1. The molecule has 0 aliphatic carbocycles. The summed E-state index contributed by atoms with van der Waals surface area (Å²) in [7, 11) is 1.64. The molecule has 0 spiro atoms. The summed E-state index contributed by atoms with van der Waals surface area (Å²) >= 11 is 0. The van der Waals surface area contributed by atoms with Crippen LogP contribution in [0.5, 0.6) is 11.5 Å². The van der Waals surface area contributed by atoms with Crippen molar-refractivity contribution in [1.29, 1.82) is 0 Å². The average molecular weight is 375 g/mol. The standard InChI is InChI=1S/C21H29NO5/c1-21(2,3)27-20(23)22-16-11-15(12-17(22)14-25-13-16)9-10-26-19-8-6-5-7-18(19)24-4/h5-8,11,16-17H,9-10,12-14H2,1-4H3. The van der Waals surface area contributed by atoms with Crippen LogP contribution >= 0.6 is 0 Å². The van der Waals surface area contributed by atoms with E-state index >= 15 is 0 Å². The van der Waals surface area contributed by atoms with Crippen molar-refractivity contribution in [2.24, 2.45) is 0 Å². The third kappa shape index (κ3) is 4.95. The number of carbonyl (C=O) groups is 1. The lowest BCUT2D eigenvalue weighted by atomic mass is 9.93. The number of amides is 1. The normalized spacial score (nSPS) is 22.1. The first-order valence-electron chi connectivity index (χ1n) is 9.42. The van der Waals surface area contributed by atoms with Gasteiger partial charge in [0.05, 0.1) is 39.0 Å². The second-order valence-corrected chi connectivity index (χ2v) is 7.92. The lowest BCUT2D eigenvalue weighted by Gasteiger charge is -2.44. The number of benzene rings is 1. The Hall–Kier alpha value is -2.21. The average Bonchev–Trinajstić information content (AvgIpc) is 2.60. The van der Waals surface area contributed by atoms with Crippen LogP contribution in [0.2, 0.25) is 0 Å². The van der Waals surface area contributed by atoms with Crippen LogP contribution in [0.3, 0.4) is 0 Å². The Kier molecular flexibility index (Phi) is 5.95. The van der Waals surface area contributed by atoms with Gasteiger partial charge in [-0.05, 0) is 39.3 Å². The molecular weight excluding hydrogens is 346 g/mol. The number of carbonyl (C=O) groups excluding carboxylic acids is 1. The van der Waals surface area contributed by atoms with Crippen LogP contribution in [-0.4, -0.2) is 55.6 Å². The van der Waals surface area contributed by atoms with E-state index in [9.17, 15) is 4.79 Å². The third-order valence-electron chi connectivity index (χ3n) is 4.63. The van der Waals surface area contributed by atoms with Gasteiger partial charge in [-0.1, -0.05) is 23.8 Å². The lowest BCUT2D eigenvalue weighted by Crippen LogP contribution is -2.57. The van der Waals surface area contributed by atoms with E-state index in [0.717, 1.165) is 24.3 Å². The summed E-state index contributed by atoms with van der Waals surface area (Å²) in [6, 6.07) is 7.58. The molecular formula is C21H29NO5. The van der Waals surface area contributed by atoms with Crippen molar-refractivity contribution in [3.05, 3.63) is 35.9 Å². The fourth-order valence-corrected chi connectivity index (χ4v) is 3.50. The molecule has 2 aliphatic heterocycles. The molecule has 6 heteroatoms. The first-order valence-corrected chi connectivity index (χ1v) is 9.42. The summed E-state index contributed by atoms with van der Waals surface area (Å²) in [5.41, 5.74) is 0.793. The van der Waals surface area contributed by atoms with Crippen molar-refractivity contribution < 1.29 is 23.7 Å². The molecule has 27 heavy (non-hydrogen) atoms. The molecule has 1 fully saturated rings. The molecule has 2 unspecified atom stereocenters. The van der Waals surface area contributed by atoms with Gasteiger partial charge < -0.3 is 18.9 Å². The minimum Gasteiger partial charge on any atom is -0.493 e. The molecule has 148 valence electrons. The van der Waals surface area contributed by atoms with Gasteiger partial charge in [-0.3, -0.25) is 4.90 Å². The largest absolute Gasteiger partial charge is 0.493 e. The minimum atomic E-state index is -0.501. The molecule has 1 aromatic rings. The molecule has 2 heterocycles.